The quantitative estimate of drug-likeness (QED) is 0.313. The number of benzene rings is 2. The Morgan fingerprint density at radius 3 is 2.38 bits per heavy atom. The van der Waals surface area contributed by atoms with Gasteiger partial charge < -0.3 is 10.4 Å². The van der Waals surface area contributed by atoms with Crippen molar-refractivity contribution in [3.8, 4) is 0 Å². The van der Waals surface area contributed by atoms with E-state index in [9.17, 15) is 14.4 Å². The molecule has 0 bridgehead atoms. The van der Waals surface area contributed by atoms with Crippen molar-refractivity contribution in [1.29, 1.82) is 0 Å². The second-order valence-electron chi connectivity index (χ2n) is 6.23. The van der Waals surface area contributed by atoms with Gasteiger partial charge in [0.15, 0.2) is 0 Å². The highest BCUT2D eigenvalue weighted by Crippen LogP contribution is 2.14. The van der Waals surface area contributed by atoms with Gasteiger partial charge in [-0.05, 0) is 31.0 Å². The van der Waals surface area contributed by atoms with E-state index in [4.69, 9.17) is 16.7 Å². The maximum atomic E-state index is 12.0. The first kappa shape index (κ1) is 22.1. The predicted octanol–water partition coefficient (Wildman–Crippen LogP) is 3.48. The number of amides is 2. The van der Waals surface area contributed by atoms with Gasteiger partial charge in [0, 0.05) is 18.5 Å². The fraction of sp³-hybridized carbons (Fsp3) is 0.238. The van der Waals surface area contributed by atoms with Gasteiger partial charge in [-0.2, -0.15) is 5.10 Å². The van der Waals surface area contributed by atoms with Crippen molar-refractivity contribution < 1.29 is 19.5 Å². The predicted molar refractivity (Wildman–Crippen MR) is 111 cm³/mol. The second-order valence-corrected chi connectivity index (χ2v) is 6.64. The highest BCUT2D eigenvalue weighted by atomic mass is 35.5. The Hall–Kier alpha value is -3.19. The molecule has 2 aromatic carbocycles. The minimum absolute atomic E-state index is 0.115. The van der Waals surface area contributed by atoms with Crippen LogP contribution in [0.25, 0.3) is 0 Å². The summed E-state index contributed by atoms with van der Waals surface area (Å²) in [7, 11) is 0. The van der Waals surface area contributed by atoms with Gasteiger partial charge in [0.25, 0.3) is 5.91 Å². The van der Waals surface area contributed by atoms with Crippen molar-refractivity contribution in [2.24, 2.45) is 5.10 Å². The highest BCUT2D eigenvalue weighted by Gasteiger charge is 2.09. The summed E-state index contributed by atoms with van der Waals surface area (Å²) in [5.74, 6) is -1.53. The van der Waals surface area contributed by atoms with E-state index in [1.165, 1.54) is 12.3 Å². The minimum atomic E-state index is -1.06. The SMILES string of the molecule is O=C(CCCCCNC(=O)c1ccccc1Cl)NN=Cc1ccccc1C(=O)O. The maximum Gasteiger partial charge on any atom is 0.336 e. The molecule has 0 saturated carbocycles. The summed E-state index contributed by atoms with van der Waals surface area (Å²) in [6, 6.07) is 13.2. The van der Waals surface area contributed by atoms with Crippen LogP contribution in [0.3, 0.4) is 0 Å². The molecule has 2 aromatic rings. The Bertz CT molecular complexity index is 899. The van der Waals surface area contributed by atoms with E-state index in [0.717, 1.165) is 12.8 Å². The number of carbonyl (C=O) groups is 3. The zero-order chi connectivity index (χ0) is 21.1. The first-order valence-corrected chi connectivity index (χ1v) is 9.54. The molecule has 3 N–H and O–H groups in total. The van der Waals surface area contributed by atoms with E-state index in [-0.39, 0.29) is 23.8 Å². The molecule has 0 spiro atoms. The third-order valence-corrected chi connectivity index (χ3v) is 4.40. The zero-order valence-corrected chi connectivity index (χ0v) is 16.5. The molecule has 2 rings (SSSR count). The molecular formula is C21H22ClN3O4. The number of carboxylic acids is 1. The molecule has 0 aliphatic rings. The number of unbranched alkanes of at least 4 members (excludes halogenated alkanes) is 2. The second kappa shape index (κ2) is 11.6. The van der Waals surface area contributed by atoms with Crippen molar-refractivity contribution in [2.75, 3.05) is 6.54 Å². The summed E-state index contributed by atoms with van der Waals surface area (Å²) < 4.78 is 0. The summed E-state index contributed by atoms with van der Waals surface area (Å²) in [6.07, 6.45) is 3.75. The van der Waals surface area contributed by atoms with Crippen molar-refractivity contribution in [2.45, 2.75) is 25.7 Å². The summed E-state index contributed by atoms with van der Waals surface area (Å²) in [6.45, 7) is 0.496. The van der Waals surface area contributed by atoms with Gasteiger partial charge >= 0.3 is 5.97 Å². The molecule has 0 unspecified atom stereocenters. The van der Waals surface area contributed by atoms with Crippen molar-refractivity contribution >= 4 is 35.6 Å². The van der Waals surface area contributed by atoms with Crippen LogP contribution in [-0.4, -0.2) is 35.6 Å². The molecule has 0 atom stereocenters. The molecule has 2 amide bonds. The highest BCUT2D eigenvalue weighted by molar-refractivity contribution is 6.33. The van der Waals surface area contributed by atoms with Gasteiger partial charge in [-0.3, -0.25) is 9.59 Å². The molecule has 8 heteroatoms. The van der Waals surface area contributed by atoms with E-state index >= 15 is 0 Å². The number of hydrogen-bond donors (Lipinski definition) is 3. The smallest absolute Gasteiger partial charge is 0.336 e. The largest absolute Gasteiger partial charge is 0.478 e. The molecular weight excluding hydrogens is 394 g/mol. The summed E-state index contributed by atoms with van der Waals surface area (Å²) in [5.41, 5.74) is 3.35. The Labute approximate surface area is 173 Å². The van der Waals surface area contributed by atoms with Gasteiger partial charge in [0.2, 0.25) is 5.91 Å². The third-order valence-electron chi connectivity index (χ3n) is 4.07. The number of rotatable bonds is 10. The molecule has 0 aliphatic carbocycles. The Kier molecular flexibility index (Phi) is 8.85. The molecule has 0 aliphatic heterocycles. The van der Waals surface area contributed by atoms with E-state index < -0.39 is 5.97 Å². The topological polar surface area (TPSA) is 108 Å². The molecule has 0 heterocycles. The monoisotopic (exact) mass is 415 g/mol. The molecule has 0 saturated heterocycles. The summed E-state index contributed by atoms with van der Waals surface area (Å²) in [5, 5.41) is 16.1. The standard InChI is InChI=1S/C21H22ClN3O4/c22-18-11-6-5-10-17(18)20(27)23-13-7-1-2-12-19(26)25-24-14-15-8-3-4-9-16(15)21(28)29/h3-6,8-11,14H,1-2,7,12-13H2,(H,23,27)(H,25,26)(H,28,29). The Morgan fingerprint density at radius 2 is 1.66 bits per heavy atom. The van der Waals surface area contributed by atoms with Crippen LogP contribution in [0, 0.1) is 0 Å². The van der Waals surface area contributed by atoms with Crippen molar-refractivity contribution in [3.63, 3.8) is 0 Å². The van der Waals surface area contributed by atoms with Gasteiger partial charge in [-0.1, -0.05) is 48.4 Å². The minimum Gasteiger partial charge on any atom is -0.478 e. The van der Waals surface area contributed by atoms with Gasteiger partial charge in [-0.15, -0.1) is 0 Å². The number of carboxylic acid groups (broad SMARTS) is 1. The number of nitrogens with one attached hydrogen (secondary N) is 2. The van der Waals surface area contributed by atoms with E-state index in [1.54, 1.807) is 42.5 Å². The normalized spacial score (nSPS) is 10.7. The van der Waals surface area contributed by atoms with Crippen LogP contribution in [0.2, 0.25) is 5.02 Å². The van der Waals surface area contributed by atoms with Crippen LogP contribution < -0.4 is 10.7 Å². The molecule has 152 valence electrons. The van der Waals surface area contributed by atoms with Crippen LogP contribution in [-0.2, 0) is 4.79 Å². The fourth-order valence-corrected chi connectivity index (χ4v) is 2.79. The van der Waals surface area contributed by atoms with Crippen molar-refractivity contribution in [3.05, 3.63) is 70.2 Å². The van der Waals surface area contributed by atoms with E-state index in [2.05, 4.69) is 15.8 Å². The lowest BCUT2D eigenvalue weighted by Gasteiger charge is -2.06. The van der Waals surface area contributed by atoms with Crippen molar-refractivity contribution in [1.82, 2.24) is 10.7 Å². The van der Waals surface area contributed by atoms with Crippen LogP contribution >= 0.6 is 11.6 Å². The Balaban J connectivity index is 1.62. The van der Waals surface area contributed by atoms with E-state index in [0.29, 0.717) is 29.1 Å². The molecule has 0 radical (unpaired) electrons. The number of nitrogens with zero attached hydrogens (tertiary/aromatic N) is 1. The number of carbonyl (C=O) groups excluding carboxylic acids is 2. The van der Waals surface area contributed by atoms with Gasteiger partial charge in [0.1, 0.15) is 0 Å². The molecule has 0 fully saturated rings. The average Bonchev–Trinajstić information content (AvgIpc) is 2.71. The first-order valence-electron chi connectivity index (χ1n) is 9.16. The van der Waals surface area contributed by atoms with Crippen LogP contribution in [0.5, 0.6) is 0 Å². The fourth-order valence-electron chi connectivity index (χ4n) is 2.56. The summed E-state index contributed by atoms with van der Waals surface area (Å²) in [4.78, 5) is 34.9. The molecule has 0 aromatic heterocycles. The maximum absolute atomic E-state index is 12.0. The lowest BCUT2D eigenvalue weighted by Crippen LogP contribution is -2.24. The zero-order valence-electron chi connectivity index (χ0n) is 15.7. The van der Waals surface area contributed by atoms with Crippen LogP contribution in [0.1, 0.15) is 52.0 Å². The first-order chi connectivity index (χ1) is 14.0. The number of hydrazone groups is 1. The summed E-state index contributed by atoms with van der Waals surface area (Å²) >= 11 is 5.98. The lowest BCUT2D eigenvalue weighted by molar-refractivity contribution is -0.121. The Morgan fingerprint density at radius 1 is 0.966 bits per heavy atom. The van der Waals surface area contributed by atoms with E-state index in [1.807, 2.05) is 0 Å². The molecule has 29 heavy (non-hydrogen) atoms. The van der Waals surface area contributed by atoms with Gasteiger partial charge in [-0.25, -0.2) is 10.2 Å². The lowest BCUT2D eigenvalue weighted by atomic mass is 10.1. The number of aromatic carboxylic acids is 1. The van der Waals surface area contributed by atoms with Crippen LogP contribution in [0.4, 0.5) is 0 Å². The average molecular weight is 416 g/mol. The van der Waals surface area contributed by atoms with Gasteiger partial charge in [0.05, 0.1) is 22.4 Å². The molecule has 7 nitrogen and oxygen atoms in total. The van der Waals surface area contributed by atoms with Crippen LogP contribution in [0.15, 0.2) is 53.6 Å². The number of halogens is 1. The number of hydrogen-bond acceptors (Lipinski definition) is 4. The third kappa shape index (κ3) is 7.38.